The van der Waals surface area contributed by atoms with Crippen LogP contribution in [0, 0.1) is 5.92 Å². The Kier molecular flexibility index (Phi) is 4.87. The first-order valence-corrected chi connectivity index (χ1v) is 6.91. The normalized spacial score (nSPS) is 13.0. The third-order valence-electron chi connectivity index (χ3n) is 3.07. The van der Waals surface area contributed by atoms with Crippen LogP contribution in [0.5, 0.6) is 0 Å². The lowest BCUT2D eigenvalue weighted by atomic mass is 10.2. The lowest BCUT2D eigenvalue weighted by Gasteiger charge is -2.14. The minimum atomic E-state index is -0.602. The van der Waals surface area contributed by atoms with Gasteiger partial charge < -0.3 is 10.4 Å². The molecule has 5 heteroatoms. The summed E-state index contributed by atoms with van der Waals surface area (Å²) in [7, 11) is 0. The molecule has 1 heterocycles. The summed E-state index contributed by atoms with van der Waals surface area (Å²) in [6.07, 6.45) is 0.894. The van der Waals surface area contributed by atoms with Crippen molar-refractivity contribution in [2.75, 3.05) is 13.1 Å². The average molecular weight is 275 g/mol. The van der Waals surface area contributed by atoms with Crippen LogP contribution < -0.4 is 10.9 Å². The Hall–Kier alpha value is -1.72. The molecule has 0 amide bonds. The molecule has 0 spiro atoms. The van der Waals surface area contributed by atoms with E-state index in [1.807, 2.05) is 18.2 Å². The first kappa shape index (κ1) is 14.7. The number of hydrogen-bond acceptors (Lipinski definition) is 4. The fraction of sp³-hybridized carbons (Fsp3) is 0.467. The molecule has 0 aliphatic rings. The van der Waals surface area contributed by atoms with Crippen molar-refractivity contribution in [2.45, 2.75) is 26.5 Å². The maximum atomic E-state index is 12.2. The predicted molar refractivity (Wildman–Crippen MR) is 79.7 cm³/mol. The number of nitrogens with one attached hydrogen (secondary N) is 1. The standard InChI is InChI=1S/C15H21N3O2/c1-11(2)7-16-8-12(19)9-18-10-17-14-6-4-3-5-13(14)15(18)20/h3-6,10-12,16,19H,7-9H2,1-2H3. The minimum absolute atomic E-state index is 0.112. The van der Waals surface area contributed by atoms with Crippen molar-refractivity contribution in [3.63, 3.8) is 0 Å². The van der Waals surface area contributed by atoms with E-state index in [0.29, 0.717) is 23.4 Å². The van der Waals surface area contributed by atoms with Crippen LogP contribution in [0.1, 0.15) is 13.8 Å². The highest BCUT2D eigenvalue weighted by atomic mass is 16.3. The van der Waals surface area contributed by atoms with E-state index in [1.54, 1.807) is 6.07 Å². The van der Waals surface area contributed by atoms with E-state index in [1.165, 1.54) is 10.9 Å². The van der Waals surface area contributed by atoms with Crippen molar-refractivity contribution < 1.29 is 5.11 Å². The van der Waals surface area contributed by atoms with Crippen LogP contribution >= 0.6 is 0 Å². The highest BCUT2D eigenvalue weighted by molar-refractivity contribution is 5.76. The molecule has 1 unspecified atom stereocenters. The van der Waals surface area contributed by atoms with E-state index in [4.69, 9.17) is 0 Å². The highest BCUT2D eigenvalue weighted by Crippen LogP contribution is 2.04. The third-order valence-corrected chi connectivity index (χ3v) is 3.07. The molecule has 0 saturated heterocycles. The Morgan fingerprint density at radius 2 is 2.05 bits per heavy atom. The number of hydrogen-bond donors (Lipinski definition) is 2. The van der Waals surface area contributed by atoms with Crippen molar-refractivity contribution in [3.05, 3.63) is 40.9 Å². The second kappa shape index (κ2) is 6.63. The van der Waals surface area contributed by atoms with Gasteiger partial charge in [0.05, 0.1) is 29.9 Å². The average Bonchev–Trinajstić information content (AvgIpc) is 2.42. The maximum absolute atomic E-state index is 12.2. The van der Waals surface area contributed by atoms with Crippen LogP contribution in [0.4, 0.5) is 0 Å². The van der Waals surface area contributed by atoms with Gasteiger partial charge in [0.25, 0.3) is 5.56 Å². The molecule has 0 fully saturated rings. The lowest BCUT2D eigenvalue weighted by molar-refractivity contribution is 0.149. The van der Waals surface area contributed by atoms with E-state index >= 15 is 0 Å². The van der Waals surface area contributed by atoms with Gasteiger partial charge in [-0.25, -0.2) is 4.98 Å². The second-order valence-corrected chi connectivity index (χ2v) is 5.43. The first-order valence-electron chi connectivity index (χ1n) is 6.91. The lowest BCUT2D eigenvalue weighted by Crippen LogP contribution is -2.35. The molecular formula is C15H21N3O2. The monoisotopic (exact) mass is 275 g/mol. The van der Waals surface area contributed by atoms with Gasteiger partial charge in [-0.3, -0.25) is 9.36 Å². The maximum Gasteiger partial charge on any atom is 0.261 e. The minimum Gasteiger partial charge on any atom is -0.390 e. The van der Waals surface area contributed by atoms with E-state index in [0.717, 1.165) is 6.54 Å². The van der Waals surface area contributed by atoms with Gasteiger partial charge >= 0.3 is 0 Å². The number of nitrogens with zero attached hydrogens (tertiary/aromatic N) is 2. The largest absolute Gasteiger partial charge is 0.390 e. The molecule has 0 aliphatic carbocycles. The third kappa shape index (κ3) is 3.65. The van der Waals surface area contributed by atoms with Crippen molar-refractivity contribution in [1.29, 1.82) is 0 Å². The van der Waals surface area contributed by atoms with Crippen LogP contribution in [0.2, 0.25) is 0 Å². The molecule has 5 nitrogen and oxygen atoms in total. The van der Waals surface area contributed by atoms with Crippen molar-refractivity contribution >= 4 is 10.9 Å². The topological polar surface area (TPSA) is 67.2 Å². The first-order chi connectivity index (χ1) is 9.58. The van der Waals surface area contributed by atoms with E-state index in [9.17, 15) is 9.90 Å². The van der Waals surface area contributed by atoms with Crippen LogP contribution in [0.3, 0.4) is 0 Å². The zero-order chi connectivity index (χ0) is 14.5. The van der Waals surface area contributed by atoms with Crippen molar-refractivity contribution in [1.82, 2.24) is 14.9 Å². The van der Waals surface area contributed by atoms with E-state index < -0.39 is 6.10 Å². The summed E-state index contributed by atoms with van der Waals surface area (Å²) in [6.45, 7) is 5.79. The summed E-state index contributed by atoms with van der Waals surface area (Å²) in [5.74, 6) is 0.534. The molecule has 2 N–H and O–H groups in total. The van der Waals surface area contributed by atoms with Crippen LogP contribution in [-0.2, 0) is 6.54 Å². The number of aromatic nitrogens is 2. The zero-order valence-electron chi connectivity index (χ0n) is 11.9. The molecule has 2 rings (SSSR count). The fourth-order valence-electron chi connectivity index (χ4n) is 2.07. The molecule has 2 aromatic rings. The number of para-hydroxylation sites is 1. The van der Waals surface area contributed by atoms with Gasteiger partial charge in [0.15, 0.2) is 0 Å². The fourth-order valence-corrected chi connectivity index (χ4v) is 2.07. The molecule has 1 aromatic carbocycles. The molecule has 0 bridgehead atoms. The van der Waals surface area contributed by atoms with Crippen molar-refractivity contribution in [2.24, 2.45) is 5.92 Å². The highest BCUT2D eigenvalue weighted by Gasteiger charge is 2.09. The molecule has 108 valence electrons. The van der Waals surface area contributed by atoms with Gasteiger partial charge in [-0.05, 0) is 24.6 Å². The summed E-state index contributed by atoms with van der Waals surface area (Å²) in [5.41, 5.74) is 0.569. The number of aliphatic hydroxyl groups is 1. The van der Waals surface area contributed by atoms with Gasteiger partial charge in [0.1, 0.15) is 0 Å². The SMILES string of the molecule is CC(C)CNCC(O)Cn1cnc2ccccc2c1=O. The quantitative estimate of drug-likeness (QED) is 0.825. The molecule has 20 heavy (non-hydrogen) atoms. The van der Waals surface area contributed by atoms with Gasteiger partial charge in [0, 0.05) is 6.54 Å². The van der Waals surface area contributed by atoms with E-state index in [-0.39, 0.29) is 12.1 Å². The summed E-state index contributed by atoms with van der Waals surface area (Å²) in [4.78, 5) is 16.5. The summed E-state index contributed by atoms with van der Waals surface area (Å²) in [5, 5.41) is 13.7. The number of fused-ring (bicyclic) bond motifs is 1. The van der Waals surface area contributed by atoms with Gasteiger partial charge in [0.2, 0.25) is 0 Å². The molecule has 0 radical (unpaired) electrons. The zero-order valence-corrected chi connectivity index (χ0v) is 11.9. The van der Waals surface area contributed by atoms with Crippen molar-refractivity contribution in [3.8, 4) is 0 Å². The Labute approximate surface area is 118 Å². The number of benzene rings is 1. The summed E-state index contributed by atoms with van der Waals surface area (Å²) < 4.78 is 1.46. The van der Waals surface area contributed by atoms with Gasteiger partial charge in [-0.1, -0.05) is 26.0 Å². The van der Waals surface area contributed by atoms with Crippen LogP contribution in [0.15, 0.2) is 35.4 Å². The molecule has 0 saturated carbocycles. The summed E-state index contributed by atoms with van der Waals surface area (Å²) in [6, 6.07) is 7.23. The van der Waals surface area contributed by atoms with Crippen LogP contribution in [-0.4, -0.2) is 33.9 Å². The smallest absolute Gasteiger partial charge is 0.261 e. The van der Waals surface area contributed by atoms with Gasteiger partial charge in [-0.2, -0.15) is 0 Å². The van der Waals surface area contributed by atoms with Crippen LogP contribution in [0.25, 0.3) is 10.9 Å². The molecule has 1 atom stereocenters. The Morgan fingerprint density at radius 1 is 1.30 bits per heavy atom. The Morgan fingerprint density at radius 3 is 2.80 bits per heavy atom. The Balaban J connectivity index is 2.06. The number of rotatable bonds is 6. The molecular weight excluding hydrogens is 254 g/mol. The van der Waals surface area contributed by atoms with Gasteiger partial charge in [-0.15, -0.1) is 0 Å². The summed E-state index contributed by atoms with van der Waals surface area (Å²) >= 11 is 0. The molecule has 1 aromatic heterocycles. The molecule has 0 aliphatic heterocycles. The van der Waals surface area contributed by atoms with E-state index in [2.05, 4.69) is 24.1 Å². The number of aliphatic hydroxyl groups excluding tert-OH is 1. The second-order valence-electron chi connectivity index (χ2n) is 5.43. The predicted octanol–water partition coefficient (Wildman–Crippen LogP) is 1.00. The Bertz CT molecular complexity index is 622.